The van der Waals surface area contributed by atoms with Crippen molar-refractivity contribution in [1.29, 1.82) is 0 Å². The van der Waals surface area contributed by atoms with Gasteiger partial charge in [-0.3, -0.25) is 4.98 Å². The highest BCUT2D eigenvalue weighted by Gasteiger charge is 2.41. The predicted molar refractivity (Wildman–Crippen MR) is 114 cm³/mol. The van der Waals surface area contributed by atoms with Gasteiger partial charge in [0, 0.05) is 36.3 Å². The number of hydrogen-bond donors (Lipinski definition) is 0. The van der Waals surface area contributed by atoms with E-state index in [1.165, 1.54) is 9.58 Å². The molecule has 0 spiro atoms. The summed E-state index contributed by atoms with van der Waals surface area (Å²) in [4.78, 5) is 14.1. The van der Waals surface area contributed by atoms with Crippen LogP contribution < -0.4 is 4.90 Å². The second-order valence-electron chi connectivity index (χ2n) is 7.91. The number of fused-ring (bicyclic) bond motifs is 1. The number of pyridine rings is 1. The summed E-state index contributed by atoms with van der Waals surface area (Å²) in [6.07, 6.45) is -4.67. The fraction of sp³-hybridized carbons (Fsp3) is 0.217. The van der Waals surface area contributed by atoms with Crippen LogP contribution >= 0.6 is 0 Å². The number of benzene rings is 1. The van der Waals surface area contributed by atoms with Crippen LogP contribution in [0.25, 0.3) is 17.1 Å². The Morgan fingerprint density at radius 3 is 2.37 bits per heavy atom. The van der Waals surface area contributed by atoms with E-state index in [4.69, 9.17) is 0 Å². The largest absolute Gasteiger partial charge is 0.418 e. The lowest BCUT2D eigenvalue weighted by Gasteiger charge is -2.24. The molecule has 0 amide bonds. The molecule has 3 aromatic heterocycles. The van der Waals surface area contributed by atoms with Crippen LogP contribution in [0.5, 0.6) is 0 Å². The minimum Gasteiger partial charge on any atom is -0.325 e. The maximum atomic E-state index is 13.8. The third-order valence-electron chi connectivity index (χ3n) is 5.60. The summed E-state index contributed by atoms with van der Waals surface area (Å²) in [6, 6.07) is 6.97. The fourth-order valence-electron chi connectivity index (χ4n) is 4.05. The molecular weight excluding hydrogens is 474 g/mol. The first-order valence-electron chi connectivity index (χ1n) is 10.4. The van der Waals surface area contributed by atoms with Crippen LogP contribution in [-0.2, 0) is 18.8 Å². The molecule has 0 radical (unpaired) electrons. The quantitative estimate of drug-likeness (QED) is 0.342. The Kier molecular flexibility index (Phi) is 5.26. The average Bonchev–Trinajstić information content (AvgIpc) is 3.45. The van der Waals surface area contributed by atoms with E-state index in [1.807, 2.05) is 6.07 Å². The van der Waals surface area contributed by atoms with E-state index >= 15 is 0 Å². The number of hydrogen-bond acceptors (Lipinski definition) is 5. The van der Waals surface area contributed by atoms with E-state index in [9.17, 15) is 26.3 Å². The van der Waals surface area contributed by atoms with Crippen LogP contribution in [0.2, 0.25) is 0 Å². The second kappa shape index (κ2) is 8.07. The van der Waals surface area contributed by atoms with Gasteiger partial charge in [0.05, 0.1) is 22.5 Å². The Morgan fingerprint density at radius 1 is 0.914 bits per heavy atom. The number of aryl methyl sites for hydroxylation is 1. The zero-order chi connectivity index (χ0) is 25.0. The van der Waals surface area contributed by atoms with Gasteiger partial charge >= 0.3 is 12.4 Å². The van der Waals surface area contributed by atoms with Gasteiger partial charge in [-0.1, -0.05) is 0 Å². The highest BCUT2D eigenvalue weighted by Crippen LogP contribution is 2.44. The molecule has 180 valence electrons. The summed E-state index contributed by atoms with van der Waals surface area (Å²) in [5.41, 5.74) is -1.20. The second-order valence-corrected chi connectivity index (χ2v) is 7.91. The molecule has 0 saturated carbocycles. The van der Waals surface area contributed by atoms with Crippen LogP contribution in [0.15, 0.2) is 55.0 Å². The van der Waals surface area contributed by atoms with E-state index in [1.54, 1.807) is 37.6 Å². The van der Waals surface area contributed by atoms with Crippen LogP contribution in [0.1, 0.15) is 22.5 Å². The highest BCUT2D eigenvalue weighted by atomic mass is 19.4. The van der Waals surface area contributed by atoms with Gasteiger partial charge in [0.25, 0.3) is 0 Å². The fourth-order valence-corrected chi connectivity index (χ4v) is 4.05. The predicted octanol–water partition coefficient (Wildman–Crippen LogP) is 5.76. The number of halogens is 6. The highest BCUT2D eigenvalue weighted by molar-refractivity contribution is 5.72. The first kappa shape index (κ1) is 22.8. The van der Waals surface area contributed by atoms with Crippen molar-refractivity contribution in [3.8, 4) is 17.1 Å². The lowest BCUT2D eigenvalue weighted by atomic mass is 10.1. The molecule has 0 aliphatic carbocycles. The Morgan fingerprint density at radius 2 is 1.69 bits per heavy atom. The van der Waals surface area contributed by atoms with Crippen molar-refractivity contribution in [2.24, 2.45) is 0 Å². The zero-order valence-corrected chi connectivity index (χ0v) is 18.1. The average molecular weight is 490 g/mol. The lowest BCUT2D eigenvalue weighted by molar-refractivity contribution is -0.142. The first-order valence-corrected chi connectivity index (χ1v) is 10.4. The number of anilines is 2. The molecule has 1 aromatic carbocycles. The molecule has 35 heavy (non-hydrogen) atoms. The normalized spacial score (nSPS) is 13.9. The van der Waals surface area contributed by atoms with Crippen LogP contribution in [0.3, 0.4) is 0 Å². The SMILES string of the molecule is Cc1nc2c(c(-n3ccc(-c4cccnc4)n3)n1)CCN2c1ccc(C(F)(F)F)cc1C(F)(F)F. The van der Waals surface area contributed by atoms with Crippen LogP contribution in [0.4, 0.5) is 37.8 Å². The molecule has 12 heteroatoms. The van der Waals surface area contributed by atoms with Gasteiger partial charge in [0.2, 0.25) is 0 Å². The molecule has 5 rings (SSSR count). The van der Waals surface area contributed by atoms with Crippen molar-refractivity contribution in [2.75, 3.05) is 11.4 Å². The molecule has 0 atom stereocenters. The van der Waals surface area contributed by atoms with Crippen molar-refractivity contribution >= 4 is 11.5 Å². The van der Waals surface area contributed by atoms with Gasteiger partial charge in [-0.2, -0.15) is 31.4 Å². The monoisotopic (exact) mass is 490 g/mol. The van der Waals surface area contributed by atoms with Crippen molar-refractivity contribution in [1.82, 2.24) is 24.7 Å². The van der Waals surface area contributed by atoms with Gasteiger partial charge in [-0.15, -0.1) is 0 Å². The van der Waals surface area contributed by atoms with E-state index in [-0.39, 0.29) is 30.7 Å². The summed E-state index contributed by atoms with van der Waals surface area (Å²) >= 11 is 0. The molecule has 1 aliphatic heterocycles. The summed E-state index contributed by atoms with van der Waals surface area (Å²) in [6.45, 7) is 1.68. The smallest absolute Gasteiger partial charge is 0.325 e. The minimum atomic E-state index is -5.00. The third-order valence-corrected chi connectivity index (χ3v) is 5.60. The molecule has 0 unspecified atom stereocenters. The van der Waals surface area contributed by atoms with Crippen LogP contribution in [-0.4, -0.2) is 31.3 Å². The van der Waals surface area contributed by atoms with Gasteiger partial charge in [-0.05, 0) is 49.7 Å². The van der Waals surface area contributed by atoms with Crippen molar-refractivity contribution in [3.05, 3.63) is 77.5 Å². The molecular formula is C23H16F6N6. The number of alkyl halides is 6. The zero-order valence-electron chi connectivity index (χ0n) is 18.1. The van der Waals surface area contributed by atoms with E-state index in [2.05, 4.69) is 20.1 Å². The molecule has 0 bridgehead atoms. The maximum Gasteiger partial charge on any atom is 0.418 e. The molecule has 0 N–H and O–H groups in total. The standard InChI is InChI=1S/C23H16F6N6/c1-13-31-20-16(21(32-13)35-10-7-18(33-35)14-3-2-8-30-12-14)6-9-34(20)19-5-4-15(22(24,25)26)11-17(19)23(27,28)29/h2-5,7-8,10-12H,6,9H2,1H3. The summed E-state index contributed by atoms with van der Waals surface area (Å²) in [5.74, 6) is 0.881. The lowest BCUT2D eigenvalue weighted by Crippen LogP contribution is -2.21. The third kappa shape index (κ3) is 4.19. The Hall–Kier alpha value is -3.96. The first-order chi connectivity index (χ1) is 16.5. The number of aromatic nitrogens is 5. The van der Waals surface area contributed by atoms with Crippen LogP contribution in [0, 0.1) is 6.92 Å². The van der Waals surface area contributed by atoms with E-state index in [0.717, 1.165) is 11.6 Å². The number of rotatable bonds is 3. The van der Waals surface area contributed by atoms with E-state index in [0.29, 0.717) is 23.1 Å². The molecule has 6 nitrogen and oxygen atoms in total. The Bertz CT molecular complexity index is 1390. The van der Waals surface area contributed by atoms with Crippen molar-refractivity contribution in [2.45, 2.75) is 25.7 Å². The molecule has 4 aromatic rings. The van der Waals surface area contributed by atoms with Gasteiger partial charge in [0.1, 0.15) is 11.6 Å². The van der Waals surface area contributed by atoms with Gasteiger partial charge in [-0.25, -0.2) is 14.6 Å². The van der Waals surface area contributed by atoms with Crippen molar-refractivity contribution in [3.63, 3.8) is 0 Å². The topological polar surface area (TPSA) is 59.7 Å². The Balaban J connectivity index is 1.60. The van der Waals surface area contributed by atoms with Gasteiger partial charge in [0.15, 0.2) is 5.82 Å². The molecule has 1 aliphatic rings. The van der Waals surface area contributed by atoms with Gasteiger partial charge < -0.3 is 4.90 Å². The Labute approximate surface area is 194 Å². The van der Waals surface area contributed by atoms with Crippen molar-refractivity contribution < 1.29 is 26.3 Å². The number of nitrogens with zero attached hydrogens (tertiary/aromatic N) is 6. The summed E-state index contributed by atoms with van der Waals surface area (Å²) < 4.78 is 82.2. The van der Waals surface area contributed by atoms with E-state index < -0.39 is 29.2 Å². The minimum absolute atomic E-state index is 0.0889. The summed E-state index contributed by atoms with van der Waals surface area (Å²) in [7, 11) is 0. The maximum absolute atomic E-state index is 13.8. The molecule has 4 heterocycles. The molecule has 0 saturated heterocycles. The summed E-state index contributed by atoms with van der Waals surface area (Å²) in [5, 5.41) is 4.53. The molecule has 0 fully saturated rings.